The summed E-state index contributed by atoms with van der Waals surface area (Å²) in [6, 6.07) is 16.9. The minimum Gasteiger partial charge on any atom is -0.303 e. The second-order valence-electron chi connectivity index (χ2n) is 5.29. The summed E-state index contributed by atoms with van der Waals surface area (Å²) in [7, 11) is 0. The first kappa shape index (κ1) is 18.0. The fraction of sp³-hybridized carbons (Fsp3) is 0.222. The summed E-state index contributed by atoms with van der Waals surface area (Å²) in [5.74, 6) is -0.591. The minimum atomic E-state index is -1.84. The van der Waals surface area contributed by atoms with Crippen LogP contribution in [-0.4, -0.2) is 22.6 Å². The molecule has 0 saturated carbocycles. The van der Waals surface area contributed by atoms with Crippen LogP contribution in [-0.2, 0) is 25.0 Å². The van der Waals surface area contributed by atoms with Gasteiger partial charge in [0.25, 0.3) is 0 Å². The van der Waals surface area contributed by atoms with E-state index in [0.29, 0.717) is 17.4 Å². The number of hydrogen-bond donors (Lipinski definition) is 2. The van der Waals surface area contributed by atoms with Crippen molar-refractivity contribution in [2.75, 3.05) is 0 Å². The molecule has 0 bridgehead atoms. The fourth-order valence-electron chi connectivity index (χ4n) is 2.58. The molecule has 2 atom stereocenters. The lowest BCUT2D eigenvalue weighted by molar-refractivity contribution is -0.319. The lowest BCUT2D eigenvalue weighted by Gasteiger charge is -2.28. The van der Waals surface area contributed by atoms with Crippen LogP contribution in [0.1, 0.15) is 30.1 Å². The van der Waals surface area contributed by atoms with Crippen LogP contribution in [0.3, 0.4) is 0 Å². The van der Waals surface area contributed by atoms with Crippen LogP contribution >= 0.6 is 0 Å². The topological polar surface area (TPSA) is 93.1 Å². The lowest BCUT2D eigenvalue weighted by Crippen LogP contribution is -2.39. The van der Waals surface area contributed by atoms with E-state index in [1.807, 2.05) is 0 Å². The number of carbonyl (C=O) groups is 2. The van der Waals surface area contributed by atoms with Crippen LogP contribution in [0.15, 0.2) is 60.7 Å². The van der Waals surface area contributed by atoms with Gasteiger partial charge >= 0.3 is 0 Å². The van der Waals surface area contributed by atoms with Crippen molar-refractivity contribution in [3.63, 3.8) is 0 Å². The highest BCUT2D eigenvalue weighted by Gasteiger charge is 2.43. The highest BCUT2D eigenvalue weighted by molar-refractivity contribution is 5.91. The maximum Gasteiger partial charge on any atom is 0.193 e. The number of carbonyl (C=O) groups excluding carboxylic acids is 2. The Morgan fingerprint density at radius 3 is 2.12 bits per heavy atom. The third-order valence-corrected chi connectivity index (χ3v) is 3.89. The third-order valence-electron chi connectivity index (χ3n) is 3.89. The highest BCUT2D eigenvalue weighted by Crippen LogP contribution is 2.33. The maximum absolute atomic E-state index is 12.8. The molecule has 0 fully saturated rings. The minimum absolute atomic E-state index is 0.288. The first-order valence-corrected chi connectivity index (χ1v) is 7.38. The van der Waals surface area contributed by atoms with E-state index in [-0.39, 0.29) is 12.8 Å². The summed E-state index contributed by atoms with van der Waals surface area (Å²) in [6.07, 6.45) is -1.09. The molecule has 2 N–H and O–H groups in total. The molecule has 0 aliphatic heterocycles. The van der Waals surface area contributed by atoms with Crippen LogP contribution in [0, 0.1) is 0 Å². The van der Waals surface area contributed by atoms with Crippen molar-refractivity contribution in [1.29, 1.82) is 0 Å². The molecule has 6 nitrogen and oxygen atoms in total. The van der Waals surface area contributed by atoms with Crippen molar-refractivity contribution in [1.82, 2.24) is 0 Å². The largest absolute Gasteiger partial charge is 0.303 e. The first-order valence-electron chi connectivity index (χ1n) is 7.38. The molecule has 0 spiro atoms. The van der Waals surface area contributed by atoms with Gasteiger partial charge in [-0.05, 0) is 11.1 Å². The molecule has 0 heterocycles. The van der Waals surface area contributed by atoms with Crippen molar-refractivity contribution in [3.05, 3.63) is 71.8 Å². The highest BCUT2D eigenvalue weighted by atomic mass is 17.1. The molecule has 0 radical (unpaired) electrons. The Labute approximate surface area is 139 Å². The van der Waals surface area contributed by atoms with Gasteiger partial charge in [-0.15, -0.1) is 0 Å². The Kier molecular flexibility index (Phi) is 6.34. The SMILES string of the molecule is O=CCC(OO)(C(=O)CC(OO)c1ccccc1)c1ccccc1. The van der Waals surface area contributed by atoms with Gasteiger partial charge in [0.2, 0.25) is 0 Å². The number of ketones is 1. The Morgan fingerprint density at radius 1 is 1.04 bits per heavy atom. The Hall–Kier alpha value is -2.38. The summed E-state index contributed by atoms with van der Waals surface area (Å²) in [6.45, 7) is 0. The molecule has 0 saturated heterocycles. The zero-order valence-electron chi connectivity index (χ0n) is 12.9. The molecule has 126 valence electrons. The van der Waals surface area contributed by atoms with Crippen molar-refractivity contribution >= 4 is 12.1 Å². The van der Waals surface area contributed by atoms with Gasteiger partial charge in [0, 0.05) is 12.8 Å². The predicted molar refractivity (Wildman–Crippen MR) is 85.0 cm³/mol. The molecule has 2 aromatic rings. The standard InChI is InChI=1S/C18H18O6/c19-12-11-18(24-22,15-9-5-2-6-10-15)17(20)13-16(23-21)14-7-3-1-4-8-14/h1-10,12,16,21-22H,11,13H2. The van der Waals surface area contributed by atoms with Crippen LogP contribution in [0.5, 0.6) is 0 Å². The van der Waals surface area contributed by atoms with E-state index >= 15 is 0 Å². The smallest absolute Gasteiger partial charge is 0.193 e. The van der Waals surface area contributed by atoms with Crippen molar-refractivity contribution < 1.29 is 29.9 Å². The van der Waals surface area contributed by atoms with E-state index in [0.717, 1.165) is 0 Å². The zero-order chi connectivity index (χ0) is 17.4. The van der Waals surface area contributed by atoms with Gasteiger partial charge in [-0.2, -0.15) is 0 Å². The lowest BCUT2D eigenvalue weighted by atomic mass is 9.83. The molecular formula is C18H18O6. The number of Topliss-reactive ketones (excluding diaryl/α,β-unsaturated/α-hetero) is 1. The summed E-state index contributed by atoms with van der Waals surface area (Å²) < 4.78 is 0. The maximum atomic E-state index is 12.8. The van der Waals surface area contributed by atoms with Crippen LogP contribution in [0.2, 0.25) is 0 Å². The molecule has 2 unspecified atom stereocenters. The van der Waals surface area contributed by atoms with Crippen LogP contribution in [0.25, 0.3) is 0 Å². The molecule has 6 heteroatoms. The average Bonchev–Trinajstić information content (AvgIpc) is 2.65. The number of aldehydes is 1. The van der Waals surface area contributed by atoms with E-state index in [9.17, 15) is 14.8 Å². The quantitative estimate of drug-likeness (QED) is 0.417. The zero-order valence-corrected chi connectivity index (χ0v) is 12.9. The van der Waals surface area contributed by atoms with Gasteiger partial charge < -0.3 is 4.79 Å². The summed E-state index contributed by atoms with van der Waals surface area (Å²) in [5, 5.41) is 18.5. The molecule has 0 aliphatic rings. The monoisotopic (exact) mass is 330 g/mol. The van der Waals surface area contributed by atoms with Crippen molar-refractivity contribution in [2.45, 2.75) is 24.5 Å². The Morgan fingerprint density at radius 2 is 1.62 bits per heavy atom. The summed E-state index contributed by atoms with van der Waals surface area (Å²) in [5.41, 5.74) is -0.914. The van der Waals surface area contributed by atoms with E-state index in [1.165, 1.54) is 0 Å². The third kappa shape index (κ3) is 3.74. The van der Waals surface area contributed by atoms with Gasteiger partial charge in [0.05, 0.1) is 0 Å². The van der Waals surface area contributed by atoms with Gasteiger partial charge in [0.1, 0.15) is 12.4 Å². The molecule has 0 aliphatic carbocycles. The van der Waals surface area contributed by atoms with Crippen LogP contribution < -0.4 is 0 Å². The summed E-state index contributed by atoms with van der Waals surface area (Å²) in [4.78, 5) is 32.8. The molecule has 2 rings (SSSR count). The van der Waals surface area contributed by atoms with Crippen molar-refractivity contribution in [3.8, 4) is 0 Å². The van der Waals surface area contributed by atoms with Gasteiger partial charge in [-0.25, -0.2) is 9.78 Å². The molecule has 2 aromatic carbocycles. The Bertz CT molecular complexity index is 658. The van der Waals surface area contributed by atoms with Gasteiger partial charge in [-0.1, -0.05) is 60.7 Å². The van der Waals surface area contributed by atoms with Gasteiger partial charge in [-0.3, -0.25) is 15.3 Å². The van der Waals surface area contributed by atoms with E-state index < -0.39 is 17.5 Å². The van der Waals surface area contributed by atoms with E-state index in [1.54, 1.807) is 60.7 Å². The first-order chi connectivity index (χ1) is 11.7. The number of rotatable bonds is 9. The Balaban J connectivity index is 2.33. The molecule has 0 aromatic heterocycles. The normalized spacial score (nSPS) is 14.6. The van der Waals surface area contributed by atoms with Crippen LogP contribution in [0.4, 0.5) is 0 Å². The second kappa shape index (κ2) is 8.47. The number of hydrogen-bond acceptors (Lipinski definition) is 6. The molecule has 0 amide bonds. The van der Waals surface area contributed by atoms with E-state index in [4.69, 9.17) is 5.26 Å². The average molecular weight is 330 g/mol. The van der Waals surface area contributed by atoms with Gasteiger partial charge in [0.15, 0.2) is 11.4 Å². The molecule has 24 heavy (non-hydrogen) atoms. The van der Waals surface area contributed by atoms with Crippen molar-refractivity contribution in [2.24, 2.45) is 0 Å². The van der Waals surface area contributed by atoms with E-state index in [2.05, 4.69) is 9.78 Å². The molecular weight excluding hydrogens is 312 g/mol. The predicted octanol–water partition coefficient (Wildman–Crippen LogP) is 3.15. The fourth-order valence-corrected chi connectivity index (χ4v) is 2.58. The number of benzene rings is 2. The second-order valence-corrected chi connectivity index (χ2v) is 5.29. The summed E-state index contributed by atoms with van der Waals surface area (Å²) >= 11 is 0.